The summed E-state index contributed by atoms with van der Waals surface area (Å²) in [6.45, 7) is 3.82. The second-order valence-electron chi connectivity index (χ2n) is 2.63. The smallest absolute Gasteiger partial charge is 0.310 e. The Labute approximate surface area is 78.1 Å². The summed E-state index contributed by atoms with van der Waals surface area (Å²) in [7, 11) is 0. The molecule has 0 aromatic carbocycles. The van der Waals surface area contributed by atoms with Crippen molar-refractivity contribution in [3.05, 3.63) is 0 Å². The van der Waals surface area contributed by atoms with Crippen LogP contribution < -0.4 is 0 Å². The van der Waals surface area contributed by atoms with Crippen LogP contribution in [0.15, 0.2) is 0 Å². The summed E-state index contributed by atoms with van der Waals surface area (Å²) in [6, 6.07) is 0. The van der Waals surface area contributed by atoms with Crippen LogP contribution in [0.4, 0.5) is 0 Å². The molecule has 1 heterocycles. The van der Waals surface area contributed by atoms with Gasteiger partial charge in [-0.1, -0.05) is 25.2 Å². The molecule has 0 bridgehead atoms. The van der Waals surface area contributed by atoms with E-state index in [0.717, 1.165) is 25.3 Å². The number of rotatable bonds is 3. The quantitative estimate of drug-likeness (QED) is 0.668. The summed E-state index contributed by atoms with van der Waals surface area (Å²) in [5.41, 5.74) is 0. The van der Waals surface area contributed by atoms with Crippen molar-refractivity contribution in [3.63, 3.8) is 0 Å². The maximum absolute atomic E-state index is 12.1. The summed E-state index contributed by atoms with van der Waals surface area (Å²) in [4.78, 5) is 0. The molecule has 0 aromatic rings. The molecule has 1 aliphatic rings. The molecule has 3 nitrogen and oxygen atoms in total. The van der Waals surface area contributed by atoms with E-state index < -0.39 is 6.72 Å². The van der Waals surface area contributed by atoms with Crippen LogP contribution in [0.5, 0.6) is 0 Å². The van der Waals surface area contributed by atoms with Crippen LogP contribution in [-0.2, 0) is 9.09 Å². The molecular weight excluding hydrogens is 193 g/mol. The van der Waals surface area contributed by atoms with Gasteiger partial charge in [-0.3, -0.25) is 4.57 Å². The van der Waals surface area contributed by atoms with Gasteiger partial charge in [0.2, 0.25) is 0 Å². The fourth-order valence-corrected chi connectivity index (χ4v) is 5.83. The minimum absolute atomic E-state index is 0.654. The summed E-state index contributed by atoms with van der Waals surface area (Å²) in [5.74, 6) is 0.966. The van der Waals surface area contributed by atoms with Gasteiger partial charge in [0.15, 0.2) is 0 Å². The fourth-order valence-electron chi connectivity index (χ4n) is 1.19. The highest BCUT2D eigenvalue weighted by molar-refractivity contribution is 8.55. The average molecular weight is 209 g/mol. The van der Waals surface area contributed by atoms with Gasteiger partial charge in [0.05, 0.1) is 6.61 Å². The van der Waals surface area contributed by atoms with Crippen LogP contribution in [0, 0.1) is 0 Å². The van der Waals surface area contributed by atoms with Gasteiger partial charge in [-0.25, -0.2) is 4.67 Å². The lowest BCUT2D eigenvalue weighted by Gasteiger charge is -2.30. The average Bonchev–Trinajstić information content (AvgIpc) is 2.07. The summed E-state index contributed by atoms with van der Waals surface area (Å²) in [6.07, 6.45) is 1.02. The third-order valence-corrected chi connectivity index (χ3v) is 6.97. The number of hydrogen-bond donors (Lipinski definition) is 0. The summed E-state index contributed by atoms with van der Waals surface area (Å²) < 4.78 is 19.3. The minimum atomic E-state index is -2.47. The molecular formula is C7H16NO2PS. The molecule has 12 heavy (non-hydrogen) atoms. The minimum Gasteiger partial charge on any atom is -0.310 e. The van der Waals surface area contributed by atoms with E-state index in [1.165, 1.54) is 11.4 Å². The van der Waals surface area contributed by atoms with Gasteiger partial charge < -0.3 is 4.52 Å². The molecule has 0 radical (unpaired) electrons. The molecule has 1 atom stereocenters. The van der Waals surface area contributed by atoms with Gasteiger partial charge in [-0.15, -0.1) is 0 Å². The van der Waals surface area contributed by atoms with Crippen molar-refractivity contribution in [2.75, 3.05) is 25.4 Å². The Bertz CT molecular complexity index is 174. The zero-order chi connectivity index (χ0) is 9.03. The van der Waals surface area contributed by atoms with Crippen molar-refractivity contribution in [2.45, 2.75) is 20.3 Å². The van der Waals surface area contributed by atoms with Crippen LogP contribution in [0.2, 0.25) is 0 Å². The van der Waals surface area contributed by atoms with E-state index in [1.807, 2.05) is 18.5 Å². The topological polar surface area (TPSA) is 29.5 Å². The molecule has 0 N–H and O–H groups in total. The third kappa shape index (κ3) is 2.25. The standard InChI is InChI=1S/C7H16NO2PS/c1-3-8(4-2)11(9)10-6-5-7-12-11/h3-7H2,1-2H3/t11-/m1/s1. The number of hydrogen-bond acceptors (Lipinski definition) is 3. The van der Waals surface area contributed by atoms with Gasteiger partial charge in [0, 0.05) is 18.8 Å². The van der Waals surface area contributed by atoms with Gasteiger partial charge in [0.1, 0.15) is 0 Å². The lowest BCUT2D eigenvalue weighted by Crippen LogP contribution is -2.21. The number of nitrogens with zero attached hydrogens (tertiary/aromatic N) is 1. The van der Waals surface area contributed by atoms with E-state index >= 15 is 0 Å². The first-order chi connectivity index (χ1) is 5.73. The third-order valence-electron chi connectivity index (χ3n) is 1.87. The monoisotopic (exact) mass is 209 g/mol. The predicted molar refractivity (Wildman–Crippen MR) is 53.6 cm³/mol. The van der Waals surface area contributed by atoms with E-state index in [-0.39, 0.29) is 0 Å². The summed E-state index contributed by atoms with van der Waals surface area (Å²) >= 11 is 1.48. The second-order valence-corrected chi connectivity index (χ2v) is 7.21. The second kappa shape index (κ2) is 4.66. The lowest BCUT2D eigenvalue weighted by molar-refractivity contribution is 0.276. The lowest BCUT2D eigenvalue weighted by atomic mass is 10.5. The van der Waals surface area contributed by atoms with E-state index in [4.69, 9.17) is 4.52 Å². The first-order valence-corrected chi connectivity index (χ1v) is 7.54. The van der Waals surface area contributed by atoms with Gasteiger partial charge >= 0.3 is 6.72 Å². The maximum atomic E-state index is 12.1. The van der Waals surface area contributed by atoms with Crippen LogP contribution >= 0.6 is 18.1 Å². The molecule has 72 valence electrons. The predicted octanol–water partition coefficient (Wildman–Crippen LogP) is 2.59. The van der Waals surface area contributed by atoms with Crippen molar-refractivity contribution >= 4 is 18.1 Å². The first-order valence-electron chi connectivity index (χ1n) is 4.37. The molecule has 1 saturated heterocycles. The van der Waals surface area contributed by atoms with E-state index in [2.05, 4.69) is 0 Å². The van der Waals surface area contributed by atoms with Gasteiger partial charge in [0.25, 0.3) is 0 Å². The Kier molecular flexibility index (Phi) is 4.11. The normalized spacial score (nSPS) is 30.9. The summed E-state index contributed by atoms with van der Waals surface area (Å²) in [5, 5.41) is 0. The molecule has 0 spiro atoms. The van der Waals surface area contributed by atoms with Crippen molar-refractivity contribution in [3.8, 4) is 0 Å². The largest absolute Gasteiger partial charge is 0.329 e. The molecule has 0 aliphatic carbocycles. The van der Waals surface area contributed by atoms with Gasteiger partial charge in [-0.05, 0) is 6.42 Å². The Morgan fingerprint density at radius 3 is 2.58 bits per heavy atom. The first kappa shape index (κ1) is 10.6. The zero-order valence-corrected chi connectivity index (χ0v) is 9.37. The fraction of sp³-hybridized carbons (Fsp3) is 1.00. The highest BCUT2D eigenvalue weighted by Crippen LogP contribution is 2.64. The molecule has 5 heteroatoms. The van der Waals surface area contributed by atoms with Crippen LogP contribution in [0.25, 0.3) is 0 Å². The van der Waals surface area contributed by atoms with Crippen molar-refractivity contribution in [2.24, 2.45) is 0 Å². The van der Waals surface area contributed by atoms with E-state index in [1.54, 1.807) is 0 Å². The Hall–Kier alpha value is 0.500. The molecule has 1 rings (SSSR count). The van der Waals surface area contributed by atoms with Crippen molar-refractivity contribution < 1.29 is 9.09 Å². The Balaban J connectivity index is 2.60. The maximum Gasteiger partial charge on any atom is 0.329 e. The highest BCUT2D eigenvalue weighted by atomic mass is 32.7. The Morgan fingerprint density at radius 2 is 2.17 bits per heavy atom. The Morgan fingerprint density at radius 1 is 1.50 bits per heavy atom. The molecule has 0 unspecified atom stereocenters. The molecule has 0 aromatic heterocycles. The van der Waals surface area contributed by atoms with Crippen LogP contribution in [0.3, 0.4) is 0 Å². The van der Waals surface area contributed by atoms with Gasteiger partial charge in [-0.2, -0.15) is 0 Å². The molecule has 1 aliphatic heterocycles. The van der Waals surface area contributed by atoms with E-state index in [0.29, 0.717) is 6.61 Å². The highest BCUT2D eigenvalue weighted by Gasteiger charge is 2.32. The van der Waals surface area contributed by atoms with Crippen molar-refractivity contribution in [1.29, 1.82) is 0 Å². The molecule has 1 fully saturated rings. The van der Waals surface area contributed by atoms with Crippen LogP contribution in [0.1, 0.15) is 20.3 Å². The van der Waals surface area contributed by atoms with Crippen molar-refractivity contribution in [1.82, 2.24) is 4.67 Å². The van der Waals surface area contributed by atoms with E-state index in [9.17, 15) is 4.57 Å². The van der Waals surface area contributed by atoms with Crippen LogP contribution in [-0.4, -0.2) is 30.1 Å². The SMILES string of the molecule is CCN(CC)[P@@]1(=O)OCCCS1. The molecule has 0 amide bonds. The zero-order valence-electron chi connectivity index (χ0n) is 7.65. The molecule has 0 saturated carbocycles.